The van der Waals surface area contributed by atoms with Crippen LogP contribution in [0.3, 0.4) is 0 Å². The second-order valence-corrected chi connectivity index (χ2v) is 6.96. The van der Waals surface area contributed by atoms with Crippen LogP contribution in [-0.2, 0) is 12.7 Å². The summed E-state index contributed by atoms with van der Waals surface area (Å²) in [5.74, 6) is 0. The zero-order valence-corrected chi connectivity index (χ0v) is 16.1. The third-order valence-electron chi connectivity index (χ3n) is 4.24. The van der Waals surface area contributed by atoms with Crippen LogP contribution in [0.15, 0.2) is 52.4 Å². The monoisotopic (exact) mass is 424 g/mol. The smallest absolute Gasteiger partial charge is 0.258 e. The van der Waals surface area contributed by atoms with Crippen LogP contribution in [0.25, 0.3) is 5.69 Å². The van der Waals surface area contributed by atoms with Gasteiger partial charge >= 0.3 is 11.9 Å². The van der Waals surface area contributed by atoms with Gasteiger partial charge in [-0.2, -0.15) is 13.2 Å². The Kier molecular flexibility index (Phi) is 5.51. The Balaban J connectivity index is 1.98. The van der Waals surface area contributed by atoms with Gasteiger partial charge in [0.25, 0.3) is 5.69 Å². The highest BCUT2D eigenvalue weighted by atomic mass is 32.2. The first-order valence-corrected chi connectivity index (χ1v) is 9.49. The van der Waals surface area contributed by atoms with Gasteiger partial charge in [-0.05, 0) is 49.1 Å². The van der Waals surface area contributed by atoms with Crippen LogP contribution in [0.5, 0.6) is 0 Å². The van der Waals surface area contributed by atoms with Crippen LogP contribution in [0, 0.1) is 17.0 Å². The molecule has 0 saturated carbocycles. The molecule has 0 fully saturated rings. The van der Waals surface area contributed by atoms with E-state index < -0.39 is 22.4 Å². The average molecular weight is 424 g/mol. The molecule has 0 aliphatic rings. The highest BCUT2D eigenvalue weighted by molar-refractivity contribution is 7.98. The normalized spacial score (nSPS) is 11.6. The molecule has 0 amide bonds. The van der Waals surface area contributed by atoms with E-state index in [1.54, 1.807) is 19.2 Å². The zero-order valence-electron chi connectivity index (χ0n) is 15.3. The molecule has 0 radical (unpaired) electrons. The number of nitro groups is 1. The number of hydrogen-bond donors (Lipinski definition) is 0. The molecule has 2 aromatic carbocycles. The van der Waals surface area contributed by atoms with Crippen molar-refractivity contribution in [1.29, 1.82) is 0 Å². The van der Waals surface area contributed by atoms with Gasteiger partial charge in [0.1, 0.15) is 0 Å². The van der Waals surface area contributed by atoms with Crippen molar-refractivity contribution in [1.82, 2.24) is 14.3 Å². The van der Waals surface area contributed by atoms with Crippen molar-refractivity contribution in [2.75, 3.05) is 6.26 Å². The van der Waals surface area contributed by atoms with Gasteiger partial charge in [0.2, 0.25) is 0 Å². The number of aryl methyl sites for hydroxylation is 1. The van der Waals surface area contributed by atoms with Gasteiger partial charge in [0, 0.05) is 11.6 Å². The van der Waals surface area contributed by atoms with E-state index >= 15 is 0 Å². The van der Waals surface area contributed by atoms with Crippen molar-refractivity contribution in [3.63, 3.8) is 0 Å². The summed E-state index contributed by atoms with van der Waals surface area (Å²) in [6.45, 7) is 1.66. The maximum atomic E-state index is 12.8. The SMILES string of the molecule is CSc1nn(Cc2ccc([N+](=O)[O-])c(C)c2)c(=O)n1-c1ccc(C(F)(F)F)cc1. The molecule has 7 nitrogen and oxygen atoms in total. The third-order valence-corrected chi connectivity index (χ3v) is 4.86. The number of halogens is 3. The van der Waals surface area contributed by atoms with Crippen molar-refractivity contribution in [3.8, 4) is 5.69 Å². The maximum absolute atomic E-state index is 12.8. The summed E-state index contributed by atoms with van der Waals surface area (Å²) in [6.07, 6.45) is -2.77. The van der Waals surface area contributed by atoms with E-state index in [9.17, 15) is 28.1 Å². The molecule has 3 aromatic rings. The Morgan fingerprint density at radius 1 is 1.17 bits per heavy atom. The molecule has 1 aromatic heterocycles. The minimum atomic E-state index is -4.47. The van der Waals surface area contributed by atoms with Gasteiger partial charge in [0.15, 0.2) is 5.16 Å². The molecule has 0 aliphatic carbocycles. The predicted molar refractivity (Wildman–Crippen MR) is 102 cm³/mol. The first-order chi connectivity index (χ1) is 13.6. The number of hydrogen-bond acceptors (Lipinski definition) is 5. The van der Waals surface area contributed by atoms with Crippen LogP contribution < -0.4 is 5.69 Å². The lowest BCUT2D eigenvalue weighted by Gasteiger charge is -2.08. The average Bonchev–Trinajstić information content (AvgIpc) is 2.96. The van der Waals surface area contributed by atoms with E-state index in [2.05, 4.69) is 5.10 Å². The number of nitrogens with zero attached hydrogens (tertiary/aromatic N) is 4. The Labute approximate surface area is 166 Å². The van der Waals surface area contributed by atoms with Crippen LogP contribution in [-0.4, -0.2) is 25.5 Å². The van der Waals surface area contributed by atoms with Crippen LogP contribution in [0.2, 0.25) is 0 Å². The summed E-state index contributed by atoms with van der Waals surface area (Å²) < 4.78 is 40.7. The Morgan fingerprint density at radius 2 is 1.83 bits per heavy atom. The zero-order chi connectivity index (χ0) is 21.3. The van der Waals surface area contributed by atoms with Gasteiger partial charge in [0.05, 0.1) is 22.7 Å². The number of nitro benzene ring substituents is 1. The first kappa shape index (κ1) is 20.6. The van der Waals surface area contributed by atoms with Gasteiger partial charge < -0.3 is 0 Å². The first-order valence-electron chi connectivity index (χ1n) is 8.27. The summed E-state index contributed by atoms with van der Waals surface area (Å²) in [5.41, 5.74) is -0.00809. The molecule has 0 N–H and O–H groups in total. The minimum Gasteiger partial charge on any atom is -0.258 e. The van der Waals surface area contributed by atoms with Crippen LogP contribution >= 0.6 is 11.8 Å². The molecule has 3 rings (SSSR count). The highest BCUT2D eigenvalue weighted by Gasteiger charge is 2.30. The third kappa shape index (κ3) is 4.19. The van der Waals surface area contributed by atoms with E-state index in [0.29, 0.717) is 16.3 Å². The summed E-state index contributed by atoms with van der Waals surface area (Å²) in [4.78, 5) is 23.3. The molecule has 1 heterocycles. The van der Waals surface area contributed by atoms with Crippen molar-refractivity contribution in [2.24, 2.45) is 0 Å². The molecule has 152 valence electrons. The summed E-state index contributed by atoms with van der Waals surface area (Å²) in [5, 5.41) is 15.5. The number of benzene rings is 2. The quantitative estimate of drug-likeness (QED) is 0.351. The fraction of sp³-hybridized carbons (Fsp3) is 0.222. The van der Waals surface area contributed by atoms with E-state index in [-0.39, 0.29) is 17.9 Å². The fourth-order valence-electron chi connectivity index (χ4n) is 2.84. The topological polar surface area (TPSA) is 83.0 Å². The van der Waals surface area contributed by atoms with E-state index in [0.717, 1.165) is 12.1 Å². The number of aromatic nitrogens is 3. The predicted octanol–water partition coefficient (Wildman–Crippen LogP) is 4.04. The molecule has 0 spiro atoms. The molecule has 29 heavy (non-hydrogen) atoms. The van der Waals surface area contributed by atoms with Gasteiger partial charge in [-0.1, -0.05) is 17.8 Å². The summed E-state index contributed by atoms with van der Waals surface area (Å²) in [6, 6.07) is 8.73. The molecule has 11 heteroatoms. The Hall–Kier alpha value is -3.08. The number of alkyl halides is 3. The lowest BCUT2D eigenvalue weighted by Crippen LogP contribution is -2.24. The van der Waals surface area contributed by atoms with Gasteiger partial charge in [-0.3, -0.25) is 10.1 Å². The van der Waals surface area contributed by atoms with E-state index in [4.69, 9.17) is 0 Å². The highest BCUT2D eigenvalue weighted by Crippen LogP contribution is 2.30. The minimum absolute atomic E-state index is 0.0267. The van der Waals surface area contributed by atoms with Crippen molar-refractivity contribution < 1.29 is 18.1 Å². The maximum Gasteiger partial charge on any atom is 0.416 e. The summed E-state index contributed by atoms with van der Waals surface area (Å²) in [7, 11) is 0. The lowest BCUT2D eigenvalue weighted by molar-refractivity contribution is -0.385. The Bertz CT molecular complexity index is 1120. The largest absolute Gasteiger partial charge is 0.416 e. The van der Waals surface area contributed by atoms with E-state index in [1.807, 2.05) is 0 Å². The molecule has 0 saturated heterocycles. The van der Waals surface area contributed by atoms with E-state index in [1.165, 1.54) is 45.3 Å². The molecule has 0 atom stereocenters. The van der Waals surface area contributed by atoms with Crippen molar-refractivity contribution in [2.45, 2.75) is 24.8 Å². The second-order valence-electron chi connectivity index (χ2n) is 6.18. The van der Waals surface area contributed by atoms with Gasteiger partial charge in [-0.25, -0.2) is 14.0 Å². The Morgan fingerprint density at radius 3 is 2.34 bits per heavy atom. The molecular formula is C18H15F3N4O3S. The molecule has 0 aliphatic heterocycles. The fourth-order valence-corrected chi connectivity index (χ4v) is 3.38. The molecule has 0 unspecified atom stereocenters. The van der Waals surface area contributed by atoms with Crippen LogP contribution in [0.1, 0.15) is 16.7 Å². The molecular weight excluding hydrogens is 409 g/mol. The standard InChI is InChI=1S/C18H15F3N4O3S/c1-11-9-12(3-8-15(11)25(27)28)10-23-17(26)24(16(22-23)29-2)14-6-4-13(5-7-14)18(19,20)21/h3-9H,10H2,1-2H3. The molecule has 0 bridgehead atoms. The van der Waals surface area contributed by atoms with Crippen LogP contribution in [0.4, 0.5) is 18.9 Å². The lowest BCUT2D eigenvalue weighted by atomic mass is 10.1. The summed E-state index contributed by atoms with van der Waals surface area (Å²) >= 11 is 1.17. The number of thioether (sulfide) groups is 1. The van der Waals surface area contributed by atoms with Gasteiger partial charge in [-0.15, -0.1) is 5.10 Å². The second kappa shape index (κ2) is 7.74. The van der Waals surface area contributed by atoms with Crippen molar-refractivity contribution in [3.05, 3.63) is 79.8 Å². The number of rotatable bonds is 5. The van der Waals surface area contributed by atoms with Crippen molar-refractivity contribution >= 4 is 17.4 Å².